The summed E-state index contributed by atoms with van der Waals surface area (Å²) in [5, 5.41) is 0.985. The van der Waals surface area contributed by atoms with E-state index in [9.17, 15) is 0 Å². The highest BCUT2D eigenvalue weighted by atomic mass is 32.1. The number of hydrogen-bond donors (Lipinski definition) is 1. The second-order valence-corrected chi connectivity index (χ2v) is 6.23. The predicted molar refractivity (Wildman–Crippen MR) is 78.6 cm³/mol. The number of aryl methyl sites for hydroxylation is 1. The van der Waals surface area contributed by atoms with Crippen molar-refractivity contribution >= 4 is 27.4 Å². The minimum atomic E-state index is 0.310. The summed E-state index contributed by atoms with van der Waals surface area (Å²) in [5.41, 5.74) is 8.80. The van der Waals surface area contributed by atoms with Crippen LogP contribution in [0.5, 0.6) is 0 Å². The summed E-state index contributed by atoms with van der Waals surface area (Å²) in [6.07, 6.45) is 1.02. The summed E-state index contributed by atoms with van der Waals surface area (Å²) in [4.78, 5) is 11.4. The van der Waals surface area contributed by atoms with Gasteiger partial charge in [0.2, 0.25) is 0 Å². The van der Waals surface area contributed by atoms with E-state index in [1.807, 2.05) is 0 Å². The third kappa shape index (κ3) is 1.56. The van der Waals surface area contributed by atoms with Crippen molar-refractivity contribution < 1.29 is 0 Å². The van der Waals surface area contributed by atoms with Gasteiger partial charge in [-0.3, -0.25) is 0 Å². The standard InChI is InChI=1S/C15H13N3S/c1-8-6-12-13(16)17-14(18-15(12)19-8)11-7-9-4-2-3-5-10(9)11/h2-6,11H,7H2,1H3,(H2,16,17,18). The molecule has 1 aliphatic carbocycles. The van der Waals surface area contributed by atoms with Gasteiger partial charge in [-0.15, -0.1) is 11.3 Å². The van der Waals surface area contributed by atoms with E-state index >= 15 is 0 Å². The Morgan fingerprint density at radius 2 is 2.11 bits per heavy atom. The highest BCUT2D eigenvalue weighted by Gasteiger charge is 2.29. The lowest BCUT2D eigenvalue weighted by Crippen LogP contribution is -2.20. The average molecular weight is 267 g/mol. The molecule has 2 aromatic heterocycles. The van der Waals surface area contributed by atoms with Gasteiger partial charge in [-0.05, 0) is 30.5 Å². The molecule has 0 aliphatic heterocycles. The zero-order chi connectivity index (χ0) is 13.0. The van der Waals surface area contributed by atoms with Crippen LogP contribution in [0, 0.1) is 6.92 Å². The molecule has 1 aromatic carbocycles. The molecule has 2 heterocycles. The number of hydrogen-bond acceptors (Lipinski definition) is 4. The number of aromatic nitrogens is 2. The summed E-state index contributed by atoms with van der Waals surface area (Å²) in [6.45, 7) is 2.07. The van der Waals surface area contributed by atoms with Crippen molar-refractivity contribution in [3.8, 4) is 0 Å². The summed E-state index contributed by atoms with van der Waals surface area (Å²) < 4.78 is 0. The Morgan fingerprint density at radius 1 is 1.26 bits per heavy atom. The SMILES string of the molecule is Cc1cc2c(N)nc(C3Cc4ccccc43)nc2s1. The van der Waals surface area contributed by atoms with E-state index in [1.165, 1.54) is 16.0 Å². The van der Waals surface area contributed by atoms with Gasteiger partial charge in [-0.1, -0.05) is 24.3 Å². The largest absolute Gasteiger partial charge is 0.383 e. The first kappa shape index (κ1) is 10.9. The number of nitrogen functional groups attached to an aromatic ring is 1. The molecule has 0 radical (unpaired) electrons. The maximum Gasteiger partial charge on any atom is 0.140 e. The lowest BCUT2D eigenvalue weighted by Gasteiger charge is -2.28. The molecule has 4 heteroatoms. The van der Waals surface area contributed by atoms with Gasteiger partial charge in [0.05, 0.1) is 5.39 Å². The van der Waals surface area contributed by atoms with Crippen molar-refractivity contribution in [1.29, 1.82) is 0 Å². The van der Waals surface area contributed by atoms with Crippen molar-refractivity contribution in [2.45, 2.75) is 19.3 Å². The van der Waals surface area contributed by atoms with Gasteiger partial charge in [-0.25, -0.2) is 9.97 Å². The number of fused-ring (bicyclic) bond motifs is 2. The minimum absolute atomic E-state index is 0.310. The van der Waals surface area contributed by atoms with Gasteiger partial charge in [0.1, 0.15) is 16.5 Å². The number of benzene rings is 1. The zero-order valence-corrected chi connectivity index (χ0v) is 11.4. The van der Waals surface area contributed by atoms with Crippen molar-refractivity contribution in [2.75, 3.05) is 5.73 Å². The highest BCUT2D eigenvalue weighted by molar-refractivity contribution is 7.18. The Kier molecular flexibility index (Phi) is 2.17. The van der Waals surface area contributed by atoms with Crippen LogP contribution in [-0.4, -0.2) is 9.97 Å². The molecule has 0 saturated heterocycles. The van der Waals surface area contributed by atoms with Crippen LogP contribution >= 0.6 is 11.3 Å². The molecule has 1 unspecified atom stereocenters. The molecule has 0 saturated carbocycles. The van der Waals surface area contributed by atoms with Gasteiger partial charge in [-0.2, -0.15) is 0 Å². The van der Waals surface area contributed by atoms with E-state index in [4.69, 9.17) is 10.7 Å². The third-order valence-electron chi connectivity index (χ3n) is 3.73. The first-order chi connectivity index (χ1) is 9.22. The summed E-state index contributed by atoms with van der Waals surface area (Å²) in [6, 6.07) is 10.5. The maximum atomic E-state index is 6.06. The summed E-state index contributed by atoms with van der Waals surface area (Å²) in [5.74, 6) is 1.78. The van der Waals surface area contributed by atoms with E-state index in [2.05, 4.69) is 42.2 Å². The van der Waals surface area contributed by atoms with Crippen LogP contribution in [0.4, 0.5) is 5.82 Å². The second kappa shape index (κ2) is 3.78. The van der Waals surface area contributed by atoms with Gasteiger partial charge >= 0.3 is 0 Å². The molecule has 19 heavy (non-hydrogen) atoms. The number of thiophene rings is 1. The number of rotatable bonds is 1. The third-order valence-corrected chi connectivity index (χ3v) is 4.67. The fourth-order valence-electron chi connectivity index (χ4n) is 2.73. The lowest BCUT2D eigenvalue weighted by atomic mass is 9.77. The topological polar surface area (TPSA) is 51.8 Å². The number of nitrogens with zero attached hydrogens (tertiary/aromatic N) is 2. The normalized spacial score (nSPS) is 17.2. The van der Waals surface area contributed by atoms with Crippen LogP contribution in [-0.2, 0) is 6.42 Å². The molecule has 2 N–H and O–H groups in total. The lowest BCUT2D eigenvalue weighted by molar-refractivity contribution is 0.665. The molecule has 0 amide bonds. The number of nitrogens with two attached hydrogens (primary N) is 1. The molecule has 3 aromatic rings. The monoisotopic (exact) mass is 267 g/mol. The van der Waals surface area contributed by atoms with E-state index in [0.717, 1.165) is 22.5 Å². The van der Waals surface area contributed by atoms with Gasteiger partial charge < -0.3 is 5.73 Å². The van der Waals surface area contributed by atoms with Gasteiger partial charge in [0, 0.05) is 10.8 Å². The van der Waals surface area contributed by atoms with Crippen LogP contribution in [0.2, 0.25) is 0 Å². The molecular formula is C15H13N3S. The Labute approximate surface area is 115 Å². The number of anilines is 1. The van der Waals surface area contributed by atoms with Crippen LogP contribution in [0.3, 0.4) is 0 Å². The molecule has 3 nitrogen and oxygen atoms in total. The van der Waals surface area contributed by atoms with Gasteiger partial charge in [0.25, 0.3) is 0 Å². The Hall–Kier alpha value is -1.94. The fraction of sp³-hybridized carbons (Fsp3) is 0.200. The first-order valence-electron chi connectivity index (χ1n) is 6.34. The van der Waals surface area contributed by atoms with Crippen LogP contribution in [0.1, 0.15) is 27.7 Å². The molecular weight excluding hydrogens is 254 g/mol. The molecule has 0 spiro atoms. The van der Waals surface area contributed by atoms with Crippen LogP contribution in [0.15, 0.2) is 30.3 Å². The zero-order valence-electron chi connectivity index (χ0n) is 10.6. The molecule has 94 valence electrons. The van der Waals surface area contributed by atoms with Crippen molar-refractivity contribution in [3.05, 3.63) is 52.2 Å². The minimum Gasteiger partial charge on any atom is -0.383 e. The van der Waals surface area contributed by atoms with Crippen molar-refractivity contribution in [2.24, 2.45) is 0 Å². The summed E-state index contributed by atoms with van der Waals surface area (Å²) in [7, 11) is 0. The first-order valence-corrected chi connectivity index (χ1v) is 7.15. The molecule has 0 fully saturated rings. The summed E-state index contributed by atoms with van der Waals surface area (Å²) >= 11 is 1.68. The predicted octanol–water partition coefficient (Wildman–Crippen LogP) is 3.27. The van der Waals surface area contributed by atoms with Gasteiger partial charge in [0.15, 0.2) is 0 Å². The second-order valence-electron chi connectivity index (χ2n) is 5.00. The Balaban J connectivity index is 1.85. The molecule has 1 atom stereocenters. The van der Waals surface area contributed by atoms with Crippen molar-refractivity contribution in [3.63, 3.8) is 0 Å². The maximum absolute atomic E-state index is 6.06. The molecule has 0 bridgehead atoms. The molecule has 4 rings (SSSR count). The Bertz CT molecular complexity index is 791. The fourth-order valence-corrected chi connectivity index (χ4v) is 3.62. The van der Waals surface area contributed by atoms with E-state index in [1.54, 1.807) is 11.3 Å². The quantitative estimate of drug-likeness (QED) is 0.736. The van der Waals surface area contributed by atoms with E-state index in [-0.39, 0.29) is 0 Å². The van der Waals surface area contributed by atoms with E-state index < -0.39 is 0 Å². The van der Waals surface area contributed by atoms with Crippen molar-refractivity contribution in [1.82, 2.24) is 9.97 Å². The molecule has 1 aliphatic rings. The average Bonchev–Trinajstić information content (AvgIpc) is 2.72. The smallest absolute Gasteiger partial charge is 0.140 e. The Morgan fingerprint density at radius 3 is 2.95 bits per heavy atom. The highest BCUT2D eigenvalue weighted by Crippen LogP contribution is 2.39. The van der Waals surface area contributed by atoms with Crippen LogP contribution < -0.4 is 5.73 Å². The van der Waals surface area contributed by atoms with E-state index in [0.29, 0.717) is 11.7 Å². The van der Waals surface area contributed by atoms with Crippen LogP contribution in [0.25, 0.3) is 10.2 Å².